The van der Waals surface area contributed by atoms with Gasteiger partial charge in [0.05, 0.1) is 0 Å². The number of hydrogen-bond donors (Lipinski definition) is 0. The Morgan fingerprint density at radius 3 is 2.62 bits per heavy atom. The second-order valence-corrected chi connectivity index (χ2v) is 3.13. The molecule has 16 heavy (non-hydrogen) atoms. The molecule has 0 saturated carbocycles. The van der Waals surface area contributed by atoms with Crippen molar-refractivity contribution < 1.29 is 4.74 Å². The van der Waals surface area contributed by atoms with E-state index in [0.29, 0.717) is 17.9 Å². The lowest BCUT2D eigenvalue weighted by Gasteiger charge is -2.06. The van der Waals surface area contributed by atoms with Crippen molar-refractivity contribution in [2.45, 2.75) is 6.61 Å². The zero-order valence-corrected chi connectivity index (χ0v) is 8.50. The van der Waals surface area contributed by atoms with Crippen LogP contribution in [-0.4, -0.2) is 9.97 Å². The molecule has 0 amide bonds. The summed E-state index contributed by atoms with van der Waals surface area (Å²) in [4.78, 5) is 7.77. The van der Waals surface area contributed by atoms with Crippen LogP contribution in [0.5, 0.6) is 5.75 Å². The Bertz CT molecular complexity index is 505. The molecule has 2 heterocycles. The summed E-state index contributed by atoms with van der Waals surface area (Å²) in [6.07, 6.45) is 6.50. The third kappa shape index (κ3) is 2.34. The van der Waals surface area contributed by atoms with Gasteiger partial charge < -0.3 is 4.74 Å². The van der Waals surface area contributed by atoms with Crippen molar-refractivity contribution in [1.82, 2.24) is 9.97 Å². The summed E-state index contributed by atoms with van der Waals surface area (Å²) in [5.74, 6) is 0.550. The van der Waals surface area contributed by atoms with Crippen molar-refractivity contribution >= 4 is 0 Å². The molecule has 0 saturated heterocycles. The molecule has 0 aromatic carbocycles. The van der Waals surface area contributed by atoms with E-state index < -0.39 is 0 Å². The highest BCUT2D eigenvalue weighted by Gasteiger charge is 2.02. The van der Waals surface area contributed by atoms with Gasteiger partial charge in [-0.15, -0.1) is 0 Å². The number of rotatable bonds is 3. The van der Waals surface area contributed by atoms with Gasteiger partial charge in [-0.1, -0.05) is 0 Å². The van der Waals surface area contributed by atoms with Crippen molar-refractivity contribution in [1.29, 1.82) is 5.26 Å². The van der Waals surface area contributed by atoms with Gasteiger partial charge in [-0.05, 0) is 23.8 Å². The van der Waals surface area contributed by atoms with Crippen LogP contribution in [0.4, 0.5) is 0 Å². The monoisotopic (exact) mass is 211 g/mol. The summed E-state index contributed by atoms with van der Waals surface area (Å²) < 4.78 is 5.52. The van der Waals surface area contributed by atoms with E-state index in [4.69, 9.17) is 10.00 Å². The van der Waals surface area contributed by atoms with E-state index >= 15 is 0 Å². The molecule has 0 spiro atoms. The molecule has 4 nitrogen and oxygen atoms in total. The number of nitriles is 1. The van der Waals surface area contributed by atoms with Crippen molar-refractivity contribution in [2.75, 3.05) is 0 Å². The Morgan fingerprint density at radius 2 is 1.88 bits per heavy atom. The summed E-state index contributed by atoms with van der Waals surface area (Å²) in [7, 11) is 0. The van der Waals surface area contributed by atoms with Gasteiger partial charge in [0.2, 0.25) is 0 Å². The summed E-state index contributed by atoms with van der Waals surface area (Å²) in [5, 5.41) is 8.84. The predicted octanol–water partition coefficient (Wildman–Crippen LogP) is 1.93. The first-order valence-corrected chi connectivity index (χ1v) is 4.76. The van der Waals surface area contributed by atoms with Gasteiger partial charge in [-0.3, -0.25) is 9.97 Å². The fourth-order valence-corrected chi connectivity index (χ4v) is 1.23. The van der Waals surface area contributed by atoms with Crippen molar-refractivity contribution in [3.05, 3.63) is 54.1 Å². The van der Waals surface area contributed by atoms with E-state index in [1.54, 1.807) is 24.7 Å². The highest BCUT2D eigenvalue weighted by molar-refractivity contribution is 5.40. The first-order chi connectivity index (χ1) is 7.90. The third-order valence-corrected chi connectivity index (χ3v) is 2.05. The Kier molecular flexibility index (Phi) is 3.10. The van der Waals surface area contributed by atoms with Crippen LogP contribution in [-0.2, 0) is 6.61 Å². The zero-order chi connectivity index (χ0) is 11.2. The van der Waals surface area contributed by atoms with Crippen LogP contribution in [0.3, 0.4) is 0 Å². The molecule has 0 aliphatic heterocycles. The number of pyridine rings is 2. The molecule has 0 atom stereocenters. The van der Waals surface area contributed by atoms with Gasteiger partial charge in [0, 0.05) is 24.8 Å². The molecule has 0 unspecified atom stereocenters. The second-order valence-electron chi connectivity index (χ2n) is 3.13. The highest BCUT2D eigenvalue weighted by Crippen LogP contribution is 2.16. The number of ether oxygens (including phenoxy) is 1. The van der Waals surface area contributed by atoms with Crippen molar-refractivity contribution in [2.24, 2.45) is 0 Å². The van der Waals surface area contributed by atoms with Crippen LogP contribution in [0.25, 0.3) is 0 Å². The zero-order valence-electron chi connectivity index (χ0n) is 8.50. The van der Waals surface area contributed by atoms with E-state index in [1.165, 1.54) is 6.20 Å². The molecule has 2 rings (SSSR count). The Hall–Kier alpha value is -2.41. The van der Waals surface area contributed by atoms with Crippen LogP contribution in [0, 0.1) is 11.3 Å². The topological polar surface area (TPSA) is 58.8 Å². The predicted molar refractivity (Wildman–Crippen MR) is 57.5 cm³/mol. The molecule has 0 bridgehead atoms. The SMILES string of the molecule is N#Cc1cnccc1OCc1ccncc1. The van der Waals surface area contributed by atoms with E-state index in [9.17, 15) is 0 Å². The Balaban J connectivity index is 2.09. The molecule has 78 valence electrons. The van der Waals surface area contributed by atoms with Crippen LogP contribution in [0.2, 0.25) is 0 Å². The van der Waals surface area contributed by atoms with Gasteiger partial charge in [0.25, 0.3) is 0 Å². The van der Waals surface area contributed by atoms with Crippen LogP contribution < -0.4 is 4.74 Å². The van der Waals surface area contributed by atoms with E-state index in [2.05, 4.69) is 9.97 Å². The lowest BCUT2D eigenvalue weighted by atomic mass is 10.2. The smallest absolute Gasteiger partial charge is 0.140 e. The minimum atomic E-state index is 0.418. The molecule has 4 heteroatoms. The molecule has 0 fully saturated rings. The maximum absolute atomic E-state index is 8.84. The molecule has 0 radical (unpaired) electrons. The van der Waals surface area contributed by atoms with Gasteiger partial charge >= 0.3 is 0 Å². The largest absolute Gasteiger partial charge is 0.487 e. The van der Waals surface area contributed by atoms with Crippen LogP contribution >= 0.6 is 0 Å². The molecular formula is C12H9N3O. The lowest BCUT2D eigenvalue weighted by Crippen LogP contribution is -1.97. The molecule has 0 aliphatic carbocycles. The normalized spacial score (nSPS) is 9.44. The van der Waals surface area contributed by atoms with Gasteiger partial charge in [-0.25, -0.2) is 0 Å². The average molecular weight is 211 g/mol. The first kappa shape index (κ1) is 10.1. The average Bonchev–Trinajstić information content (AvgIpc) is 2.38. The van der Waals surface area contributed by atoms with Crippen LogP contribution in [0.15, 0.2) is 43.0 Å². The lowest BCUT2D eigenvalue weighted by molar-refractivity contribution is 0.305. The van der Waals surface area contributed by atoms with Gasteiger partial charge in [0.1, 0.15) is 24.0 Å². The highest BCUT2D eigenvalue weighted by atomic mass is 16.5. The Labute approximate surface area is 93.2 Å². The fourth-order valence-electron chi connectivity index (χ4n) is 1.23. The molecular weight excluding hydrogens is 202 g/mol. The molecule has 2 aromatic rings. The molecule has 0 aliphatic rings. The van der Waals surface area contributed by atoms with Gasteiger partial charge in [-0.2, -0.15) is 5.26 Å². The van der Waals surface area contributed by atoms with E-state index in [0.717, 1.165) is 5.56 Å². The van der Waals surface area contributed by atoms with Gasteiger partial charge in [0.15, 0.2) is 0 Å². The van der Waals surface area contributed by atoms with Crippen molar-refractivity contribution in [3.63, 3.8) is 0 Å². The number of nitrogens with zero attached hydrogens (tertiary/aromatic N) is 3. The summed E-state index contributed by atoms with van der Waals surface area (Å²) in [6.45, 7) is 0.418. The standard InChI is InChI=1S/C12H9N3O/c13-7-11-8-15-6-3-12(11)16-9-10-1-4-14-5-2-10/h1-6,8H,9H2. The first-order valence-electron chi connectivity index (χ1n) is 4.76. The Morgan fingerprint density at radius 1 is 1.12 bits per heavy atom. The summed E-state index contributed by atoms with van der Waals surface area (Å²) in [6, 6.07) is 7.45. The quantitative estimate of drug-likeness (QED) is 0.778. The second kappa shape index (κ2) is 4.89. The number of hydrogen-bond acceptors (Lipinski definition) is 4. The maximum atomic E-state index is 8.84. The fraction of sp³-hybridized carbons (Fsp3) is 0.0833. The molecule has 2 aromatic heterocycles. The number of aromatic nitrogens is 2. The summed E-state index contributed by atoms with van der Waals surface area (Å²) in [5.41, 5.74) is 1.45. The minimum Gasteiger partial charge on any atom is -0.487 e. The molecule has 0 N–H and O–H groups in total. The van der Waals surface area contributed by atoms with E-state index in [1.807, 2.05) is 18.2 Å². The summed E-state index contributed by atoms with van der Waals surface area (Å²) >= 11 is 0. The third-order valence-electron chi connectivity index (χ3n) is 2.05. The minimum absolute atomic E-state index is 0.418. The maximum Gasteiger partial charge on any atom is 0.140 e. The van der Waals surface area contributed by atoms with Crippen LogP contribution in [0.1, 0.15) is 11.1 Å². The van der Waals surface area contributed by atoms with E-state index in [-0.39, 0.29) is 0 Å². The van der Waals surface area contributed by atoms with Crippen molar-refractivity contribution in [3.8, 4) is 11.8 Å².